The fourth-order valence-corrected chi connectivity index (χ4v) is 3.20. The smallest absolute Gasteiger partial charge is 0.179 e. The van der Waals surface area contributed by atoms with E-state index >= 15 is 0 Å². The fraction of sp³-hybridized carbons (Fsp3) is 0.263. The van der Waals surface area contributed by atoms with Crippen LogP contribution in [-0.2, 0) is 6.54 Å². The van der Waals surface area contributed by atoms with Crippen molar-refractivity contribution in [1.29, 1.82) is 0 Å². The molecule has 128 valence electrons. The highest BCUT2D eigenvalue weighted by Gasteiger charge is 2.17. The van der Waals surface area contributed by atoms with Gasteiger partial charge in [0.2, 0.25) is 0 Å². The van der Waals surface area contributed by atoms with Gasteiger partial charge in [-0.1, -0.05) is 41.9 Å². The summed E-state index contributed by atoms with van der Waals surface area (Å²) in [7, 11) is 0. The molecule has 0 N–H and O–H groups in total. The van der Waals surface area contributed by atoms with E-state index in [0.29, 0.717) is 36.3 Å². The lowest BCUT2D eigenvalue weighted by Gasteiger charge is -2.12. The second-order valence-corrected chi connectivity index (χ2v) is 6.37. The molecule has 0 fully saturated rings. The Morgan fingerprint density at radius 2 is 1.92 bits per heavy atom. The van der Waals surface area contributed by atoms with E-state index in [2.05, 4.69) is 10.1 Å². The molecule has 0 bridgehead atoms. The van der Waals surface area contributed by atoms with E-state index in [1.54, 1.807) is 0 Å². The van der Waals surface area contributed by atoms with Crippen LogP contribution >= 0.6 is 11.6 Å². The number of ether oxygens (including phenoxy) is 2. The SMILES string of the molecule is Cc1nc(-c2ccccc2)n(Cc2cc(Cl)c3c(c2)OCCCO3)n1. The lowest BCUT2D eigenvalue weighted by Crippen LogP contribution is -2.05. The fourth-order valence-electron chi connectivity index (χ4n) is 2.91. The van der Waals surface area contributed by atoms with Crippen molar-refractivity contribution in [3.05, 3.63) is 58.9 Å². The Balaban J connectivity index is 1.70. The monoisotopic (exact) mass is 355 g/mol. The van der Waals surface area contributed by atoms with Crippen LogP contribution in [-0.4, -0.2) is 28.0 Å². The molecule has 0 atom stereocenters. The molecule has 1 aliphatic rings. The highest BCUT2D eigenvalue weighted by Crippen LogP contribution is 2.38. The van der Waals surface area contributed by atoms with Crippen LogP contribution in [0.2, 0.25) is 5.02 Å². The molecular weight excluding hydrogens is 338 g/mol. The first-order valence-corrected chi connectivity index (χ1v) is 8.63. The first kappa shape index (κ1) is 16.0. The first-order chi connectivity index (χ1) is 12.2. The van der Waals surface area contributed by atoms with Crippen LogP contribution in [0.15, 0.2) is 42.5 Å². The molecule has 25 heavy (non-hydrogen) atoms. The third-order valence-electron chi connectivity index (χ3n) is 4.00. The van der Waals surface area contributed by atoms with Gasteiger partial charge in [0.05, 0.1) is 24.8 Å². The minimum Gasteiger partial charge on any atom is -0.489 e. The predicted molar refractivity (Wildman–Crippen MR) is 96.4 cm³/mol. The van der Waals surface area contributed by atoms with E-state index in [1.165, 1.54) is 0 Å². The Labute approximate surface area is 151 Å². The van der Waals surface area contributed by atoms with Crippen LogP contribution in [0.3, 0.4) is 0 Å². The molecule has 5 nitrogen and oxygen atoms in total. The van der Waals surface area contributed by atoms with Crippen LogP contribution in [0.1, 0.15) is 17.8 Å². The Kier molecular flexibility index (Phi) is 4.32. The van der Waals surface area contributed by atoms with Gasteiger partial charge in [-0.05, 0) is 24.6 Å². The molecule has 3 aromatic rings. The summed E-state index contributed by atoms with van der Waals surface area (Å²) >= 11 is 6.40. The quantitative estimate of drug-likeness (QED) is 0.709. The number of hydrogen-bond donors (Lipinski definition) is 0. The third-order valence-corrected chi connectivity index (χ3v) is 4.28. The van der Waals surface area contributed by atoms with Crippen LogP contribution in [0.4, 0.5) is 0 Å². The van der Waals surface area contributed by atoms with Crippen molar-refractivity contribution in [1.82, 2.24) is 14.8 Å². The average Bonchev–Trinajstić information content (AvgIpc) is 2.81. The highest BCUT2D eigenvalue weighted by molar-refractivity contribution is 6.32. The van der Waals surface area contributed by atoms with Gasteiger partial charge in [0.1, 0.15) is 5.82 Å². The maximum atomic E-state index is 6.40. The molecule has 4 rings (SSSR count). The lowest BCUT2D eigenvalue weighted by atomic mass is 10.2. The van der Waals surface area contributed by atoms with Crippen LogP contribution in [0.25, 0.3) is 11.4 Å². The van der Waals surface area contributed by atoms with E-state index in [1.807, 2.05) is 54.1 Å². The summed E-state index contributed by atoms with van der Waals surface area (Å²) in [6.45, 7) is 3.70. The van der Waals surface area contributed by atoms with Gasteiger partial charge in [-0.25, -0.2) is 9.67 Å². The van der Waals surface area contributed by atoms with Gasteiger partial charge in [0.25, 0.3) is 0 Å². The van der Waals surface area contributed by atoms with Crippen molar-refractivity contribution < 1.29 is 9.47 Å². The second-order valence-electron chi connectivity index (χ2n) is 5.96. The summed E-state index contributed by atoms with van der Waals surface area (Å²) < 4.78 is 13.4. The zero-order valence-electron chi connectivity index (χ0n) is 13.9. The molecule has 0 saturated carbocycles. The minimum atomic E-state index is 0.557. The number of fused-ring (bicyclic) bond motifs is 1. The molecular formula is C19H18ClN3O2. The standard InChI is InChI=1S/C19H18ClN3O2/c1-13-21-19(15-6-3-2-4-7-15)23(22-13)12-14-10-16(20)18-17(11-14)24-8-5-9-25-18/h2-4,6-7,10-11H,5,8-9,12H2,1H3. The van der Waals surface area contributed by atoms with Crippen molar-refractivity contribution in [3.8, 4) is 22.9 Å². The zero-order valence-corrected chi connectivity index (χ0v) is 14.7. The summed E-state index contributed by atoms with van der Waals surface area (Å²) in [6, 6.07) is 13.9. The van der Waals surface area contributed by atoms with Crippen LogP contribution in [0, 0.1) is 6.92 Å². The average molecular weight is 356 g/mol. The second kappa shape index (κ2) is 6.76. The van der Waals surface area contributed by atoms with Gasteiger partial charge in [-0.15, -0.1) is 0 Å². The normalized spacial score (nSPS) is 13.5. The molecule has 0 saturated heterocycles. The molecule has 2 heterocycles. The summed E-state index contributed by atoms with van der Waals surface area (Å²) in [5.74, 6) is 2.89. The molecule has 0 aliphatic carbocycles. The van der Waals surface area contributed by atoms with E-state index in [9.17, 15) is 0 Å². The van der Waals surface area contributed by atoms with Crippen molar-refractivity contribution in [2.24, 2.45) is 0 Å². The van der Waals surface area contributed by atoms with Crippen LogP contribution < -0.4 is 9.47 Å². The van der Waals surface area contributed by atoms with E-state index in [4.69, 9.17) is 21.1 Å². The molecule has 0 amide bonds. The Hall–Kier alpha value is -2.53. The molecule has 6 heteroatoms. The first-order valence-electron chi connectivity index (χ1n) is 8.25. The Bertz CT molecular complexity index is 893. The zero-order chi connectivity index (χ0) is 17.2. The number of halogens is 1. The highest BCUT2D eigenvalue weighted by atomic mass is 35.5. The largest absolute Gasteiger partial charge is 0.489 e. The Morgan fingerprint density at radius 3 is 2.76 bits per heavy atom. The molecule has 1 aromatic heterocycles. The van der Waals surface area contributed by atoms with Crippen molar-refractivity contribution in [2.45, 2.75) is 19.9 Å². The summed E-state index contributed by atoms with van der Waals surface area (Å²) in [4.78, 5) is 4.56. The summed E-state index contributed by atoms with van der Waals surface area (Å²) in [5, 5.41) is 5.10. The molecule has 1 aliphatic heterocycles. The van der Waals surface area contributed by atoms with E-state index in [0.717, 1.165) is 29.2 Å². The number of aromatic nitrogens is 3. The van der Waals surface area contributed by atoms with Gasteiger partial charge < -0.3 is 9.47 Å². The summed E-state index contributed by atoms with van der Waals surface area (Å²) in [5.41, 5.74) is 2.03. The molecule has 0 spiro atoms. The van der Waals surface area contributed by atoms with E-state index < -0.39 is 0 Å². The van der Waals surface area contributed by atoms with Gasteiger partial charge >= 0.3 is 0 Å². The predicted octanol–water partition coefficient (Wildman–Crippen LogP) is 4.12. The maximum Gasteiger partial charge on any atom is 0.179 e. The van der Waals surface area contributed by atoms with Crippen LogP contribution in [0.5, 0.6) is 11.5 Å². The van der Waals surface area contributed by atoms with Gasteiger partial charge in [-0.2, -0.15) is 5.10 Å². The number of nitrogens with zero attached hydrogens (tertiary/aromatic N) is 3. The molecule has 2 aromatic carbocycles. The number of benzene rings is 2. The topological polar surface area (TPSA) is 49.2 Å². The molecule has 0 radical (unpaired) electrons. The summed E-state index contributed by atoms with van der Waals surface area (Å²) in [6.07, 6.45) is 0.848. The minimum absolute atomic E-state index is 0.557. The van der Waals surface area contributed by atoms with Gasteiger partial charge in [0.15, 0.2) is 17.3 Å². The third kappa shape index (κ3) is 3.33. The number of hydrogen-bond acceptors (Lipinski definition) is 4. The van der Waals surface area contributed by atoms with Gasteiger partial charge in [-0.3, -0.25) is 0 Å². The van der Waals surface area contributed by atoms with Crippen molar-refractivity contribution in [2.75, 3.05) is 13.2 Å². The van der Waals surface area contributed by atoms with Crippen molar-refractivity contribution in [3.63, 3.8) is 0 Å². The van der Waals surface area contributed by atoms with Gasteiger partial charge in [0, 0.05) is 12.0 Å². The van der Waals surface area contributed by atoms with Crippen molar-refractivity contribution >= 4 is 11.6 Å². The number of aryl methyl sites for hydroxylation is 1. The lowest BCUT2D eigenvalue weighted by molar-refractivity contribution is 0.297. The number of rotatable bonds is 3. The molecule has 0 unspecified atom stereocenters. The van der Waals surface area contributed by atoms with E-state index in [-0.39, 0.29) is 0 Å². The maximum absolute atomic E-state index is 6.40. The Morgan fingerprint density at radius 1 is 1.12 bits per heavy atom.